The van der Waals surface area contributed by atoms with E-state index in [0.29, 0.717) is 6.08 Å². The second-order valence-corrected chi connectivity index (χ2v) is 5.52. The van der Waals surface area contributed by atoms with Crippen LogP contribution < -0.4 is 0 Å². The second kappa shape index (κ2) is 8.03. The zero-order valence-electron chi connectivity index (χ0n) is 13.5. The molecule has 26 heavy (non-hydrogen) atoms. The maximum absolute atomic E-state index is 13.6. The van der Waals surface area contributed by atoms with E-state index in [9.17, 15) is 31.5 Å². The lowest BCUT2D eigenvalue weighted by atomic mass is 9.91. The molecule has 0 bridgehead atoms. The molecule has 0 aliphatic carbocycles. The van der Waals surface area contributed by atoms with Gasteiger partial charge in [-0.2, -0.15) is 0 Å². The summed E-state index contributed by atoms with van der Waals surface area (Å²) in [7, 11) is 0. The quantitative estimate of drug-likeness (QED) is 0.240. The van der Waals surface area contributed by atoms with Gasteiger partial charge in [0.1, 0.15) is 5.78 Å². The van der Waals surface area contributed by atoms with Crippen molar-refractivity contribution in [3.05, 3.63) is 76.6 Å². The summed E-state index contributed by atoms with van der Waals surface area (Å²) in [6, 6.07) is 7.91. The van der Waals surface area contributed by atoms with Gasteiger partial charge in [-0.1, -0.05) is 42.5 Å². The Balaban J connectivity index is 2.28. The summed E-state index contributed by atoms with van der Waals surface area (Å²) in [6.45, 7) is 1.18. The van der Waals surface area contributed by atoms with Crippen molar-refractivity contribution in [2.75, 3.05) is 0 Å². The lowest BCUT2D eigenvalue weighted by Crippen LogP contribution is -2.21. The molecular formula is C19H13F5O2. The number of rotatable bonds is 6. The van der Waals surface area contributed by atoms with Crippen LogP contribution in [0.4, 0.5) is 22.0 Å². The molecular weight excluding hydrogens is 355 g/mol. The molecule has 0 saturated heterocycles. The van der Waals surface area contributed by atoms with E-state index in [4.69, 9.17) is 0 Å². The van der Waals surface area contributed by atoms with E-state index in [0.717, 1.165) is 6.08 Å². The van der Waals surface area contributed by atoms with Crippen molar-refractivity contribution in [2.24, 2.45) is 5.92 Å². The molecule has 0 radical (unpaired) electrons. The Morgan fingerprint density at radius 2 is 1.38 bits per heavy atom. The van der Waals surface area contributed by atoms with Crippen LogP contribution in [0, 0.1) is 35.0 Å². The fraction of sp³-hybridized carbons (Fsp3) is 0.158. The van der Waals surface area contributed by atoms with Crippen molar-refractivity contribution < 1.29 is 31.5 Å². The Hall–Kier alpha value is -2.83. The van der Waals surface area contributed by atoms with Crippen LogP contribution in [0.15, 0.2) is 36.4 Å². The highest BCUT2D eigenvalue weighted by Crippen LogP contribution is 2.24. The molecule has 0 aliphatic heterocycles. The third-order valence-electron chi connectivity index (χ3n) is 3.77. The highest BCUT2D eigenvalue weighted by Gasteiger charge is 2.25. The number of carbonyl (C=O) groups is 2. The number of benzene rings is 2. The highest BCUT2D eigenvalue weighted by atomic mass is 19.2. The van der Waals surface area contributed by atoms with Crippen molar-refractivity contribution in [2.45, 2.75) is 13.3 Å². The van der Waals surface area contributed by atoms with Gasteiger partial charge in [-0.3, -0.25) is 9.59 Å². The summed E-state index contributed by atoms with van der Waals surface area (Å²) in [4.78, 5) is 24.1. The minimum atomic E-state index is -2.25. The molecule has 136 valence electrons. The van der Waals surface area contributed by atoms with Gasteiger partial charge >= 0.3 is 0 Å². The molecule has 2 aromatic rings. The standard InChI is InChI=1S/C19H13F5O2/c1-10(25)12(19(26)11-6-3-2-4-7-11)8-5-9-13-14(20)16(22)18(24)17(23)15(13)21/h2-7,9,12H,8H2,1H3/b9-5+. The Kier molecular flexibility index (Phi) is 6.02. The van der Waals surface area contributed by atoms with Crippen LogP contribution in [0.25, 0.3) is 6.08 Å². The first-order valence-electron chi connectivity index (χ1n) is 7.53. The third-order valence-corrected chi connectivity index (χ3v) is 3.77. The van der Waals surface area contributed by atoms with Crippen molar-refractivity contribution >= 4 is 17.6 Å². The van der Waals surface area contributed by atoms with E-state index in [1.165, 1.54) is 19.1 Å². The Bertz CT molecular complexity index is 846. The molecule has 0 saturated carbocycles. The van der Waals surface area contributed by atoms with E-state index in [1.807, 2.05) is 0 Å². The average Bonchev–Trinajstić information content (AvgIpc) is 2.64. The van der Waals surface area contributed by atoms with Gasteiger partial charge in [-0.05, 0) is 13.3 Å². The van der Waals surface area contributed by atoms with Gasteiger partial charge in [-0.15, -0.1) is 0 Å². The van der Waals surface area contributed by atoms with E-state index >= 15 is 0 Å². The Morgan fingerprint density at radius 3 is 1.88 bits per heavy atom. The first kappa shape index (κ1) is 19.5. The lowest BCUT2D eigenvalue weighted by Gasteiger charge is -2.10. The van der Waals surface area contributed by atoms with Gasteiger partial charge in [-0.25, -0.2) is 22.0 Å². The number of Topliss-reactive ketones (excluding diaryl/α,β-unsaturated/α-hetero) is 2. The molecule has 0 N–H and O–H groups in total. The first-order valence-corrected chi connectivity index (χ1v) is 7.53. The van der Waals surface area contributed by atoms with E-state index in [2.05, 4.69) is 0 Å². The molecule has 0 fully saturated rings. The van der Waals surface area contributed by atoms with Crippen LogP contribution in [0.2, 0.25) is 0 Å². The predicted octanol–water partition coefficient (Wildman–Crippen LogP) is 4.87. The summed E-state index contributed by atoms with van der Waals surface area (Å²) in [5.41, 5.74) is -0.854. The second-order valence-electron chi connectivity index (χ2n) is 5.52. The van der Waals surface area contributed by atoms with Crippen molar-refractivity contribution in [3.8, 4) is 0 Å². The van der Waals surface area contributed by atoms with Crippen LogP contribution in [0.1, 0.15) is 29.3 Å². The maximum atomic E-state index is 13.6. The van der Waals surface area contributed by atoms with Crippen molar-refractivity contribution in [1.29, 1.82) is 0 Å². The Labute approximate surface area is 146 Å². The molecule has 2 aromatic carbocycles. The van der Waals surface area contributed by atoms with Gasteiger partial charge in [0.2, 0.25) is 5.82 Å². The van der Waals surface area contributed by atoms with Gasteiger partial charge in [0.05, 0.1) is 11.5 Å². The van der Waals surface area contributed by atoms with Crippen molar-refractivity contribution in [3.63, 3.8) is 0 Å². The monoisotopic (exact) mass is 368 g/mol. The van der Waals surface area contributed by atoms with Crippen LogP contribution in [0.3, 0.4) is 0 Å². The molecule has 0 aromatic heterocycles. The van der Waals surface area contributed by atoms with Crippen LogP contribution in [0.5, 0.6) is 0 Å². The Morgan fingerprint density at radius 1 is 0.885 bits per heavy atom. The van der Waals surface area contributed by atoms with Crippen molar-refractivity contribution in [1.82, 2.24) is 0 Å². The molecule has 0 spiro atoms. The topological polar surface area (TPSA) is 34.1 Å². The fourth-order valence-electron chi connectivity index (χ4n) is 2.35. The van der Waals surface area contributed by atoms with Crippen LogP contribution in [-0.2, 0) is 4.79 Å². The van der Waals surface area contributed by atoms with Gasteiger partial charge in [0.15, 0.2) is 29.1 Å². The zero-order valence-corrected chi connectivity index (χ0v) is 13.5. The van der Waals surface area contributed by atoms with E-state index in [1.54, 1.807) is 18.2 Å². The predicted molar refractivity (Wildman–Crippen MR) is 84.8 cm³/mol. The number of hydrogen-bond acceptors (Lipinski definition) is 2. The molecule has 0 amide bonds. The highest BCUT2D eigenvalue weighted by molar-refractivity contribution is 6.10. The van der Waals surface area contributed by atoms with Gasteiger partial charge in [0.25, 0.3) is 0 Å². The molecule has 2 nitrogen and oxygen atoms in total. The number of ketones is 2. The third kappa shape index (κ3) is 3.87. The summed E-state index contributed by atoms with van der Waals surface area (Å²) in [5, 5.41) is 0. The summed E-state index contributed by atoms with van der Waals surface area (Å²) in [6.07, 6.45) is 1.46. The van der Waals surface area contributed by atoms with E-state index < -0.39 is 52.1 Å². The molecule has 0 aliphatic rings. The lowest BCUT2D eigenvalue weighted by molar-refractivity contribution is -0.119. The maximum Gasteiger partial charge on any atom is 0.200 e. The number of halogens is 5. The number of allylic oxidation sites excluding steroid dienone is 1. The normalized spacial score (nSPS) is 12.4. The first-order chi connectivity index (χ1) is 12.3. The fourth-order valence-corrected chi connectivity index (χ4v) is 2.35. The summed E-state index contributed by atoms with van der Waals surface area (Å²) >= 11 is 0. The molecule has 7 heteroatoms. The van der Waals surface area contributed by atoms with Crippen LogP contribution >= 0.6 is 0 Å². The summed E-state index contributed by atoms with van der Waals surface area (Å²) < 4.78 is 66.5. The molecule has 0 heterocycles. The summed E-state index contributed by atoms with van der Waals surface area (Å²) in [5.74, 6) is -12.5. The molecule has 1 unspecified atom stereocenters. The number of hydrogen-bond donors (Lipinski definition) is 0. The SMILES string of the molecule is CC(=O)C(C/C=C/c1c(F)c(F)c(F)c(F)c1F)C(=O)c1ccccc1. The number of carbonyl (C=O) groups excluding carboxylic acids is 2. The minimum Gasteiger partial charge on any atom is -0.299 e. The zero-order chi connectivity index (χ0) is 19.4. The molecule has 2 rings (SSSR count). The van der Waals surface area contributed by atoms with Gasteiger partial charge < -0.3 is 0 Å². The largest absolute Gasteiger partial charge is 0.299 e. The minimum absolute atomic E-state index is 0.247. The molecule has 1 atom stereocenters. The van der Waals surface area contributed by atoms with Crippen LogP contribution in [-0.4, -0.2) is 11.6 Å². The van der Waals surface area contributed by atoms with Gasteiger partial charge in [0, 0.05) is 5.56 Å². The smallest absolute Gasteiger partial charge is 0.200 e. The van der Waals surface area contributed by atoms with E-state index in [-0.39, 0.29) is 12.0 Å². The average molecular weight is 368 g/mol.